The van der Waals surface area contributed by atoms with E-state index in [2.05, 4.69) is 0 Å². The van der Waals surface area contributed by atoms with Crippen LogP contribution in [0.5, 0.6) is 17.2 Å². The van der Waals surface area contributed by atoms with Gasteiger partial charge in [0.2, 0.25) is 0 Å². The summed E-state index contributed by atoms with van der Waals surface area (Å²) < 4.78 is 11.6. The highest BCUT2D eigenvalue weighted by Crippen LogP contribution is 2.29. The molecule has 8 nitrogen and oxygen atoms in total. The molecule has 0 aromatic heterocycles. The topological polar surface area (TPSA) is 113 Å². The number of ether oxygens (including phenoxy) is 2. The number of carbonyl (C=O) groups excluding carboxylic acids is 3. The van der Waals surface area contributed by atoms with Gasteiger partial charge < -0.3 is 24.6 Å². The molecular formula is C22H23NO7. The first-order valence-corrected chi connectivity index (χ1v) is 9.39. The van der Waals surface area contributed by atoms with Gasteiger partial charge in [-0.25, -0.2) is 0 Å². The second-order valence-electron chi connectivity index (χ2n) is 7.63. The van der Waals surface area contributed by atoms with Gasteiger partial charge in [-0.1, -0.05) is 12.1 Å². The molecule has 1 heterocycles. The lowest BCUT2D eigenvalue weighted by Gasteiger charge is -2.43. The molecule has 1 amide bonds. The number of aldehydes is 2. The molecule has 30 heavy (non-hydrogen) atoms. The lowest BCUT2D eigenvalue weighted by atomic mass is 10.0. The molecule has 1 fully saturated rings. The number of carbonyl (C=O) groups is 3. The van der Waals surface area contributed by atoms with E-state index in [-0.39, 0.29) is 53.7 Å². The summed E-state index contributed by atoms with van der Waals surface area (Å²) >= 11 is 0. The van der Waals surface area contributed by atoms with Crippen molar-refractivity contribution < 1.29 is 34.1 Å². The monoisotopic (exact) mass is 413 g/mol. The Balaban J connectivity index is 1.88. The van der Waals surface area contributed by atoms with Crippen LogP contribution in [0.1, 0.15) is 44.9 Å². The third-order valence-corrected chi connectivity index (χ3v) is 4.94. The van der Waals surface area contributed by atoms with Gasteiger partial charge in [0.25, 0.3) is 5.91 Å². The van der Waals surface area contributed by atoms with Crippen LogP contribution in [-0.4, -0.2) is 65.0 Å². The van der Waals surface area contributed by atoms with Crippen molar-refractivity contribution in [2.45, 2.75) is 25.5 Å². The maximum absolute atomic E-state index is 13.3. The van der Waals surface area contributed by atoms with E-state index in [1.165, 1.54) is 29.2 Å². The Kier molecular flexibility index (Phi) is 6.07. The molecule has 1 aliphatic rings. The average molecular weight is 413 g/mol. The van der Waals surface area contributed by atoms with E-state index in [1.807, 2.05) is 13.8 Å². The van der Waals surface area contributed by atoms with E-state index < -0.39 is 17.6 Å². The summed E-state index contributed by atoms with van der Waals surface area (Å²) in [5.74, 6) is -0.726. The predicted octanol–water partition coefficient (Wildman–Crippen LogP) is 2.42. The lowest BCUT2D eigenvalue weighted by Crippen LogP contribution is -2.58. The van der Waals surface area contributed by atoms with Gasteiger partial charge in [0.1, 0.15) is 23.9 Å². The van der Waals surface area contributed by atoms with Crippen molar-refractivity contribution in [2.24, 2.45) is 0 Å². The summed E-state index contributed by atoms with van der Waals surface area (Å²) in [7, 11) is 0. The smallest absolute Gasteiger partial charge is 0.255 e. The van der Waals surface area contributed by atoms with E-state index in [4.69, 9.17) is 9.47 Å². The van der Waals surface area contributed by atoms with Crippen LogP contribution in [0.2, 0.25) is 0 Å². The van der Waals surface area contributed by atoms with E-state index in [0.29, 0.717) is 12.6 Å². The molecule has 1 unspecified atom stereocenters. The molecule has 1 aliphatic heterocycles. The van der Waals surface area contributed by atoms with Gasteiger partial charge in [0.15, 0.2) is 12.6 Å². The van der Waals surface area contributed by atoms with Crippen molar-refractivity contribution >= 4 is 18.5 Å². The Bertz CT molecular complexity index is 970. The van der Waals surface area contributed by atoms with Crippen LogP contribution in [0.4, 0.5) is 0 Å². The molecule has 0 bridgehead atoms. The summed E-state index contributed by atoms with van der Waals surface area (Å²) in [6.45, 7) is 4.08. The van der Waals surface area contributed by atoms with Gasteiger partial charge in [-0.2, -0.15) is 0 Å². The molecule has 0 saturated carbocycles. The molecule has 3 rings (SSSR count). The van der Waals surface area contributed by atoms with Gasteiger partial charge in [0.05, 0.1) is 34.9 Å². The summed E-state index contributed by atoms with van der Waals surface area (Å²) in [6.07, 6.45) is 0.944. The molecule has 1 saturated heterocycles. The zero-order chi connectivity index (χ0) is 21.9. The number of nitrogens with zero attached hydrogens (tertiary/aromatic N) is 1. The SMILES string of the molecule is CC1(C)CN(C(=O)c2cccc(O)c2C=O)C(COc2cccc(O)c2C=O)CO1. The Morgan fingerprint density at radius 3 is 2.43 bits per heavy atom. The highest BCUT2D eigenvalue weighted by Gasteiger charge is 2.38. The quantitative estimate of drug-likeness (QED) is 0.699. The summed E-state index contributed by atoms with van der Waals surface area (Å²) in [6, 6.07) is 8.26. The van der Waals surface area contributed by atoms with Crippen molar-refractivity contribution in [2.75, 3.05) is 19.8 Å². The first-order valence-electron chi connectivity index (χ1n) is 9.39. The van der Waals surface area contributed by atoms with Crippen molar-refractivity contribution in [1.29, 1.82) is 0 Å². The van der Waals surface area contributed by atoms with Crippen LogP contribution in [-0.2, 0) is 4.74 Å². The Hall–Kier alpha value is -3.39. The summed E-state index contributed by atoms with van der Waals surface area (Å²) in [5.41, 5.74) is -0.603. The van der Waals surface area contributed by atoms with Crippen LogP contribution >= 0.6 is 0 Å². The van der Waals surface area contributed by atoms with Crippen molar-refractivity contribution in [3.63, 3.8) is 0 Å². The van der Waals surface area contributed by atoms with Gasteiger partial charge >= 0.3 is 0 Å². The van der Waals surface area contributed by atoms with E-state index >= 15 is 0 Å². The Morgan fingerprint density at radius 1 is 1.13 bits per heavy atom. The van der Waals surface area contributed by atoms with Gasteiger partial charge in [0, 0.05) is 6.54 Å². The van der Waals surface area contributed by atoms with E-state index in [0.717, 1.165) is 0 Å². The van der Waals surface area contributed by atoms with Gasteiger partial charge in [-0.05, 0) is 38.1 Å². The molecule has 0 spiro atoms. The fraction of sp³-hybridized carbons (Fsp3) is 0.318. The summed E-state index contributed by atoms with van der Waals surface area (Å²) in [4.78, 5) is 37.5. The van der Waals surface area contributed by atoms with Crippen LogP contribution < -0.4 is 4.74 Å². The first-order chi connectivity index (χ1) is 14.3. The minimum Gasteiger partial charge on any atom is -0.507 e. The number of phenolic OH excluding ortho intramolecular Hbond substituents is 2. The molecule has 0 aliphatic carbocycles. The molecule has 8 heteroatoms. The van der Waals surface area contributed by atoms with Crippen LogP contribution in [0.3, 0.4) is 0 Å². The normalized spacial score (nSPS) is 17.9. The molecule has 2 aromatic rings. The number of aromatic hydroxyl groups is 2. The van der Waals surface area contributed by atoms with Gasteiger partial charge in [-0.15, -0.1) is 0 Å². The van der Waals surface area contributed by atoms with E-state index in [9.17, 15) is 24.6 Å². The highest BCUT2D eigenvalue weighted by atomic mass is 16.5. The van der Waals surface area contributed by atoms with Crippen LogP contribution in [0.15, 0.2) is 36.4 Å². The summed E-state index contributed by atoms with van der Waals surface area (Å²) in [5, 5.41) is 19.7. The minimum absolute atomic E-state index is 0.00134. The van der Waals surface area contributed by atoms with Crippen LogP contribution in [0.25, 0.3) is 0 Å². The van der Waals surface area contributed by atoms with Crippen molar-refractivity contribution in [3.05, 3.63) is 53.1 Å². The molecule has 0 radical (unpaired) electrons. The zero-order valence-corrected chi connectivity index (χ0v) is 16.7. The number of hydrogen-bond donors (Lipinski definition) is 2. The molecule has 158 valence electrons. The van der Waals surface area contributed by atoms with Gasteiger partial charge in [-0.3, -0.25) is 14.4 Å². The third-order valence-electron chi connectivity index (χ3n) is 4.94. The third kappa shape index (κ3) is 4.28. The second-order valence-corrected chi connectivity index (χ2v) is 7.63. The average Bonchev–Trinajstić information content (AvgIpc) is 2.71. The Labute approximate surface area is 173 Å². The predicted molar refractivity (Wildman–Crippen MR) is 107 cm³/mol. The number of morpholine rings is 1. The minimum atomic E-state index is -0.622. The second kappa shape index (κ2) is 8.54. The number of phenols is 2. The highest BCUT2D eigenvalue weighted by molar-refractivity contribution is 6.03. The largest absolute Gasteiger partial charge is 0.507 e. The zero-order valence-electron chi connectivity index (χ0n) is 16.7. The fourth-order valence-corrected chi connectivity index (χ4v) is 3.35. The van der Waals surface area contributed by atoms with Crippen LogP contribution in [0, 0.1) is 0 Å². The number of rotatable bonds is 6. The first kappa shape index (κ1) is 21.3. The molecule has 2 aromatic carbocycles. The standard InChI is InChI=1S/C22H23NO7/c1-22(2)13-23(21(28)15-5-3-6-18(26)16(15)9-24)14(12-30-22)11-29-20-8-4-7-19(27)17(20)10-25/h3-10,14,26-27H,11-13H2,1-2H3. The molecule has 1 atom stereocenters. The van der Waals surface area contributed by atoms with Crippen molar-refractivity contribution in [3.8, 4) is 17.2 Å². The lowest BCUT2D eigenvalue weighted by molar-refractivity contribution is -0.108. The molecular weight excluding hydrogens is 390 g/mol. The Morgan fingerprint density at radius 2 is 1.77 bits per heavy atom. The maximum Gasteiger partial charge on any atom is 0.255 e. The number of hydrogen-bond acceptors (Lipinski definition) is 7. The van der Waals surface area contributed by atoms with Crippen molar-refractivity contribution in [1.82, 2.24) is 4.90 Å². The molecule has 2 N–H and O–H groups in total. The maximum atomic E-state index is 13.3. The fourth-order valence-electron chi connectivity index (χ4n) is 3.35. The number of benzene rings is 2. The van der Waals surface area contributed by atoms with E-state index in [1.54, 1.807) is 12.1 Å². The number of amides is 1.